The quantitative estimate of drug-likeness (QED) is 0.659. The Kier molecular flexibility index (Phi) is 6.26. The van der Waals surface area contributed by atoms with Crippen LogP contribution in [0.5, 0.6) is 5.75 Å². The van der Waals surface area contributed by atoms with Gasteiger partial charge in [-0.1, -0.05) is 24.3 Å². The fraction of sp³-hybridized carbons (Fsp3) is 0.304. The Morgan fingerprint density at radius 3 is 2.35 bits per heavy atom. The van der Waals surface area contributed by atoms with Crippen LogP contribution in [0.3, 0.4) is 0 Å². The van der Waals surface area contributed by atoms with Gasteiger partial charge in [0.2, 0.25) is 0 Å². The van der Waals surface area contributed by atoms with E-state index in [0.29, 0.717) is 37.7 Å². The van der Waals surface area contributed by atoms with Crippen molar-refractivity contribution in [1.29, 1.82) is 0 Å². The highest BCUT2D eigenvalue weighted by atomic mass is 16.5. The van der Waals surface area contributed by atoms with Gasteiger partial charge in [0.05, 0.1) is 0 Å². The van der Waals surface area contributed by atoms with Crippen LogP contribution >= 0.6 is 0 Å². The van der Waals surface area contributed by atoms with E-state index in [2.05, 4.69) is 25.4 Å². The predicted octanol–water partition coefficient (Wildman–Crippen LogP) is 3.04. The zero-order chi connectivity index (χ0) is 21.6. The van der Waals surface area contributed by atoms with Gasteiger partial charge in [0, 0.05) is 32.4 Å². The number of rotatable bonds is 6. The van der Waals surface area contributed by atoms with E-state index in [1.165, 1.54) is 0 Å². The summed E-state index contributed by atoms with van der Waals surface area (Å²) in [4.78, 5) is 21.0. The SMILES string of the molecule is Cc1ccc(Nc2ccc(N3CCN(C(=O)[C@H](C)Oc4ccccc4)CC3)nn2)nc1. The minimum atomic E-state index is -0.519. The van der Waals surface area contributed by atoms with Crippen molar-refractivity contribution < 1.29 is 9.53 Å². The van der Waals surface area contributed by atoms with Gasteiger partial charge in [0.1, 0.15) is 11.6 Å². The summed E-state index contributed by atoms with van der Waals surface area (Å²) >= 11 is 0. The number of nitrogens with one attached hydrogen (secondary N) is 1. The first-order valence-electron chi connectivity index (χ1n) is 10.4. The van der Waals surface area contributed by atoms with E-state index in [4.69, 9.17) is 4.74 Å². The van der Waals surface area contributed by atoms with Gasteiger partial charge in [0.15, 0.2) is 17.7 Å². The first kappa shape index (κ1) is 20.6. The van der Waals surface area contributed by atoms with Gasteiger partial charge in [-0.15, -0.1) is 10.2 Å². The lowest BCUT2D eigenvalue weighted by Crippen LogP contribution is -2.52. The number of ether oxygens (including phenoxy) is 1. The van der Waals surface area contributed by atoms with E-state index in [0.717, 1.165) is 17.2 Å². The van der Waals surface area contributed by atoms with E-state index in [1.807, 2.05) is 66.4 Å². The Hall–Kier alpha value is -3.68. The largest absolute Gasteiger partial charge is 0.481 e. The number of aryl methyl sites for hydroxylation is 1. The Labute approximate surface area is 181 Å². The standard InChI is InChI=1S/C23H26N6O2/c1-17-8-9-20(24-16-17)25-21-10-11-22(27-26-21)28-12-14-29(15-13-28)23(30)18(2)31-19-6-4-3-5-7-19/h3-11,16,18H,12-15H2,1-2H3,(H,24,25,26)/t18-/m0/s1. The van der Waals surface area contributed by atoms with Crippen molar-refractivity contribution in [3.05, 3.63) is 66.4 Å². The summed E-state index contributed by atoms with van der Waals surface area (Å²) in [6, 6.07) is 17.1. The van der Waals surface area contributed by atoms with E-state index >= 15 is 0 Å². The van der Waals surface area contributed by atoms with Crippen LogP contribution < -0.4 is 15.0 Å². The summed E-state index contributed by atoms with van der Waals surface area (Å²) in [5, 5.41) is 11.7. The molecule has 8 heteroatoms. The zero-order valence-electron chi connectivity index (χ0n) is 17.7. The molecular formula is C23H26N6O2. The Morgan fingerprint density at radius 1 is 0.968 bits per heavy atom. The van der Waals surface area contributed by atoms with Gasteiger partial charge >= 0.3 is 0 Å². The number of benzene rings is 1. The van der Waals surface area contributed by atoms with Gasteiger partial charge < -0.3 is 19.9 Å². The van der Waals surface area contributed by atoms with Crippen LogP contribution in [0.1, 0.15) is 12.5 Å². The van der Waals surface area contributed by atoms with Crippen LogP contribution in [0, 0.1) is 6.92 Å². The molecule has 0 saturated carbocycles. The van der Waals surface area contributed by atoms with E-state index < -0.39 is 6.10 Å². The molecule has 1 aliphatic heterocycles. The number of carbonyl (C=O) groups excluding carboxylic acids is 1. The molecule has 1 N–H and O–H groups in total. The highest BCUT2D eigenvalue weighted by Gasteiger charge is 2.26. The Morgan fingerprint density at radius 2 is 1.71 bits per heavy atom. The number of aromatic nitrogens is 3. The Bertz CT molecular complexity index is 987. The number of hydrogen-bond acceptors (Lipinski definition) is 7. The maximum atomic E-state index is 12.7. The van der Waals surface area contributed by atoms with Gasteiger partial charge in [-0.3, -0.25) is 4.79 Å². The second kappa shape index (κ2) is 9.42. The Balaban J connectivity index is 1.29. The van der Waals surface area contributed by atoms with Crippen molar-refractivity contribution in [3.63, 3.8) is 0 Å². The lowest BCUT2D eigenvalue weighted by Gasteiger charge is -2.36. The fourth-order valence-electron chi connectivity index (χ4n) is 3.40. The molecule has 0 radical (unpaired) electrons. The molecule has 1 saturated heterocycles. The monoisotopic (exact) mass is 418 g/mol. The number of amides is 1. The van der Waals surface area contributed by atoms with Crippen molar-refractivity contribution in [2.75, 3.05) is 36.4 Å². The number of anilines is 3. The smallest absolute Gasteiger partial charge is 0.263 e. The molecule has 0 unspecified atom stereocenters. The molecule has 1 aliphatic rings. The first-order chi connectivity index (χ1) is 15.1. The molecule has 8 nitrogen and oxygen atoms in total. The third kappa shape index (κ3) is 5.28. The fourth-order valence-corrected chi connectivity index (χ4v) is 3.40. The average molecular weight is 419 g/mol. The van der Waals surface area contributed by atoms with Gasteiger partial charge in [-0.2, -0.15) is 0 Å². The van der Waals surface area contributed by atoms with E-state index in [-0.39, 0.29) is 5.91 Å². The molecular weight excluding hydrogens is 392 g/mol. The number of hydrogen-bond donors (Lipinski definition) is 1. The van der Waals surface area contributed by atoms with Crippen molar-refractivity contribution >= 4 is 23.4 Å². The van der Waals surface area contributed by atoms with Crippen LogP contribution in [0.15, 0.2) is 60.8 Å². The van der Waals surface area contributed by atoms with Crippen LogP contribution in [0.4, 0.5) is 17.5 Å². The summed E-state index contributed by atoms with van der Waals surface area (Å²) in [7, 11) is 0. The molecule has 0 aliphatic carbocycles. The summed E-state index contributed by atoms with van der Waals surface area (Å²) in [5.74, 6) is 2.86. The second-order valence-electron chi connectivity index (χ2n) is 7.51. The molecule has 3 heterocycles. The molecule has 0 spiro atoms. The zero-order valence-corrected chi connectivity index (χ0v) is 17.7. The van der Waals surface area contributed by atoms with Crippen molar-refractivity contribution in [2.45, 2.75) is 20.0 Å². The molecule has 1 amide bonds. The summed E-state index contributed by atoms with van der Waals surface area (Å²) in [6.45, 7) is 6.43. The second-order valence-corrected chi connectivity index (χ2v) is 7.51. The average Bonchev–Trinajstić information content (AvgIpc) is 2.81. The number of carbonyl (C=O) groups is 1. The molecule has 1 fully saturated rings. The van der Waals surface area contributed by atoms with Gasteiger partial charge in [-0.25, -0.2) is 4.98 Å². The normalized spacial score (nSPS) is 14.8. The van der Waals surface area contributed by atoms with Crippen LogP contribution in [0.2, 0.25) is 0 Å². The third-order valence-electron chi connectivity index (χ3n) is 5.14. The molecule has 160 valence electrons. The number of para-hydroxylation sites is 1. The van der Waals surface area contributed by atoms with Crippen LogP contribution in [-0.2, 0) is 4.79 Å². The maximum absolute atomic E-state index is 12.7. The minimum absolute atomic E-state index is 0.000247. The van der Waals surface area contributed by atoms with Gasteiger partial charge in [0.25, 0.3) is 5.91 Å². The molecule has 4 rings (SSSR count). The summed E-state index contributed by atoms with van der Waals surface area (Å²) in [5.41, 5.74) is 1.10. The first-order valence-corrected chi connectivity index (χ1v) is 10.4. The van der Waals surface area contributed by atoms with Gasteiger partial charge in [-0.05, 0) is 49.7 Å². The molecule has 0 bridgehead atoms. The van der Waals surface area contributed by atoms with Crippen LogP contribution in [-0.4, -0.2) is 58.3 Å². The van der Waals surface area contributed by atoms with Crippen molar-refractivity contribution in [2.24, 2.45) is 0 Å². The van der Waals surface area contributed by atoms with Crippen molar-refractivity contribution in [1.82, 2.24) is 20.1 Å². The highest BCUT2D eigenvalue weighted by molar-refractivity contribution is 5.81. The number of pyridine rings is 1. The molecule has 1 atom stereocenters. The number of nitrogens with zero attached hydrogens (tertiary/aromatic N) is 5. The molecule has 2 aromatic heterocycles. The predicted molar refractivity (Wildman–Crippen MR) is 120 cm³/mol. The maximum Gasteiger partial charge on any atom is 0.263 e. The van der Waals surface area contributed by atoms with Crippen molar-refractivity contribution in [3.8, 4) is 5.75 Å². The van der Waals surface area contributed by atoms with E-state index in [1.54, 1.807) is 13.1 Å². The summed E-state index contributed by atoms with van der Waals surface area (Å²) in [6.07, 6.45) is 1.28. The number of piperazine rings is 1. The summed E-state index contributed by atoms with van der Waals surface area (Å²) < 4.78 is 5.77. The minimum Gasteiger partial charge on any atom is -0.481 e. The highest BCUT2D eigenvalue weighted by Crippen LogP contribution is 2.18. The lowest BCUT2D eigenvalue weighted by atomic mass is 10.2. The van der Waals surface area contributed by atoms with E-state index in [9.17, 15) is 4.79 Å². The molecule has 3 aromatic rings. The van der Waals surface area contributed by atoms with Crippen LogP contribution in [0.25, 0.3) is 0 Å². The molecule has 31 heavy (non-hydrogen) atoms. The third-order valence-corrected chi connectivity index (χ3v) is 5.14. The topological polar surface area (TPSA) is 83.5 Å². The lowest BCUT2D eigenvalue weighted by molar-refractivity contribution is -0.138. The molecule has 1 aromatic carbocycles.